The molecule has 1 fully saturated rings. The smallest absolute Gasteiger partial charge is 0.00205 e. The Morgan fingerprint density at radius 1 is 1.40 bits per heavy atom. The van der Waals surface area contributed by atoms with Crippen LogP contribution in [0, 0.1) is 12.8 Å². The molecule has 1 nitrogen and oxygen atoms in total. The summed E-state index contributed by atoms with van der Waals surface area (Å²) in [6.45, 7) is 6.33. The fraction of sp³-hybridized carbons (Fsp3) is 0.875. The van der Waals surface area contributed by atoms with Crippen LogP contribution in [-0.4, -0.2) is 13.1 Å². The average Bonchev–Trinajstić information content (AvgIpc) is 2.13. The molecule has 0 saturated carbocycles. The fourth-order valence-corrected chi connectivity index (χ4v) is 1.34. The van der Waals surface area contributed by atoms with Crippen LogP contribution in [0.1, 0.15) is 25.7 Å². The van der Waals surface area contributed by atoms with Gasteiger partial charge in [-0.25, -0.2) is 0 Å². The molecule has 1 heterocycles. The van der Waals surface area contributed by atoms with Crippen LogP contribution in [0.4, 0.5) is 0 Å². The Morgan fingerprint density at radius 3 is 2.90 bits per heavy atom. The minimum atomic E-state index is 0. The third-order valence-corrected chi connectivity index (χ3v) is 2.06. The summed E-state index contributed by atoms with van der Waals surface area (Å²) >= 11 is 0. The molecule has 0 aromatic carbocycles. The SMILES string of the molecule is Cl.[CH2]CC1CCCCNC1. The number of halogens is 1. The predicted molar refractivity (Wildman–Crippen MR) is 47.4 cm³/mol. The van der Waals surface area contributed by atoms with E-state index < -0.39 is 0 Å². The van der Waals surface area contributed by atoms with Crippen molar-refractivity contribution < 1.29 is 0 Å². The van der Waals surface area contributed by atoms with Crippen LogP contribution in [0.15, 0.2) is 0 Å². The number of nitrogens with one attached hydrogen (secondary N) is 1. The van der Waals surface area contributed by atoms with Gasteiger partial charge in [0, 0.05) is 0 Å². The summed E-state index contributed by atoms with van der Waals surface area (Å²) in [6.07, 6.45) is 5.24. The average molecular weight is 163 g/mol. The van der Waals surface area contributed by atoms with Crippen molar-refractivity contribution in [1.29, 1.82) is 0 Å². The molecular weight excluding hydrogens is 146 g/mol. The molecule has 61 valence electrons. The third-order valence-electron chi connectivity index (χ3n) is 2.06. The Labute approximate surface area is 70.0 Å². The van der Waals surface area contributed by atoms with E-state index in [4.69, 9.17) is 0 Å². The molecule has 1 aliphatic rings. The lowest BCUT2D eigenvalue weighted by atomic mass is 10.0. The highest BCUT2D eigenvalue weighted by Gasteiger charge is 2.07. The van der Waals surface area contributed by atoms with Crippen molar-refractivity contribution >= 4 is 12.4 Å². The molecule has 1 saturated heterocycles. The van der Waals surface area contributed by atoms with Crippen LogP contribution in [-0.2, 0) is 0 Å². The molecule has 0 aliphatic carbocycles. The van der Waals surface area contributed by atoms with E-state index in [2.05, 4.69) is 12.2 Å². The van der Waals surface area contributed by atoms with Crippen molar-refractivity contribution in [3.8, 4) is 0 Å². The Balaban J connectivity index is 0.000000810. The quantitative estimate of drug-likeness (QED) is 0.622. The lowest BCUT2D eigenvalue weighted by Gasteiger charge is -2.09. The second-order valence-electron chi connectivity index (χ2n) is 2.85. The maximum Gasteiger partial charge on any atom is -0.00205 e. The molecule has 0 aromatic heterocycles. The molecule has 2 heteroatoms. The van der Waals surface area contributed by atoms with Crippen LogP contribution in [0.2, 0.25) is 0 Å². The summed E-state index contributed by atoms with van der Waals surface area (Å²) in [6, 6.07) is 0. The third kappa shape index (κ3) is 3.43. The molecule has 0 bridgehead atoms. The largest absolute Gasteiger partial charge is 0.316 e. The molecule has 1 N–H and O–H groups in total. The van der Waals surface area contributed by atoms with Gasteiger partial charge >= 0.3 is 0 Å². The second-order valence-corrected chi connectivity index (χ2v) is 2.85. The molecule has 1 radical (unpaired) electrons. The van der Waals surface area contributed by atoms with Crippen molar-refractivity contribution in [2.24, 2.45) is 5.92 Å². The molecule has 1 atom stereocenters. The molecule has 10 heavy (non-hydrogen) atoms. The summed E-state index contributed by atoms with van der Waals surface area (Å²) in [5, 5.41) is 3.41. The zero-order valence-electron chi connectivity index (χ0n) is 6.44. The predicted octanol–water partition coefficient (Wildman–Crippen LogP) is 2.02. The van der Waals surface area contributed by atoms with Gasteiger partial charge in [-0.3, -0.25) is 0 Å². The van der Waals surface area contributed by atoms with Gasteiger partial charge in [0.15, 0.2) is 0 Å². The van der Waals surface area contributed by atoms with Crippen LogP contribution >= 0.6 is 12.4 Å². The summed E-state index contributed by atoms with van der Waals surface area (Å²) < 4.78 is 0. The zero-order chi connectivity index (χ0) is 6.53. The van der Waals surface area contributed by atoms with Crippen molar-refractivity contribution in [2.75, 3.05) is 13.1 Å². The van der Waals surface area contributed by atoms with Crippen LogP contribution < -0.4 is 5.32 Å². The van der Waals surface area contributed by atoms with Gasteiger partial charge in [0.2, 0.25) is 0 Å². The fourth-order valence-electron chi connectivity index (χ4n) is 1.34. The first-order chi connectivity index (χ1) is 4.43. The van der Waals surface area contributed by atoms with Crippen LogP contribution in [0.25, 0.3) is 0 Å². The van der Waals surface area contributed by atoms with E-state index in [9.17, 15) is 0 Å². The van der Waals surface area contributed by atoms with Crippen molar-refractivity contribution in [2.45, 2.75) is 25.7 Å². The number of hydrogen-bond acceptors (Lipinski definition) is 1. The van der Waals surface area contributed by atoms with E-state index in [-0.39, 0.29) is 12.4 Å². The van der Waals surface area contributed by atoms with Crippen LogP contribution in [0.3, 0.4) is 0 Å². The summed E-state index contributed by atoms with van der Waals surface area (Å²) in [5.41, 5.74) is 0. The van der Waals surface area contributed by atoms with Gasteiger partial charge in [-0.05, 0) is 38.3 Å². The van der Waals surface area contributed by atoms with E-state index in [1.165, 1.54) is 32.4 Å². The van der Waals surface area contributed by atoms with Crippen molar-refractivity contribution in [1.82, 2.24) is 5.32 Å². The van der Waals surface area contributed by atoms with E-state index >= 15 is 0 Å². The molecule has 0 amide bonds. The number of hydrogen-bond donors (Lipinski definition) is 1. The highest BCUT2D eigenvalue weighted by molar-refractivity contribution is 5.85. The van der Waals surface area contributed by atoms with E-state index in [1.54, 1.807) is 0 Å². The van der Waals surface area contributed by atoms with Crippen LogP contribution in [0.5, 0.6) is 0 Å². The molecule has 1 aliphatic heterocycles. The standard InChI is InChI=1S/C8H16N.ClH/c1-2-8-5-3-4-6-9-7-8;/h8-9H,1-7H2;1H. The maximum atomic E-state index is 3.91. The Kier molecular flexibility index (Phi) is 6.14. The topological polar surface area (TPSA) is 12.0 Å². The zero-order valence-corrected chi connectivity index (χ0v) is 7.25. The lowest BCUT2D eigenvalue weighted by molar-refractivity contribution is 0.484. The van der Waals surface area contributed by atoms with Gasteiger partial charge in [-0.15, -0.1) is 12.4 Å². The Hall–Kier alpha value is 0.250. The van der Waals surface area contributed by atoms with Gasteiger partial charge < -0.3 is 5.32 Å². The van der Waals surface area contributed by atoms with E-state index in [0.717, 1.165) is 12.3 Å². The minimum absolute atomic E-state index is 0. The van der Waals surface area contributed by atoms with E-state index in [1.807, 2.05) is 0 Å². The minimum Gasteiger partial charge on any atom is -0.316 e. The first-order valence-corrected chi connectivity index (χ1v) is 3.93. The van der Waals surface area contributed by atoms with Crippen molar-refractivity contribution in [3.63, 3.8) is 0 Å². The maximum absolute atomic E-state index is 3.91. The summed E-state index contributed by atoms with van der Waals surface area (Å²) in [7, 11) is 0. The van der Waals surface area contributed by atoms with Gasteiger partial charge in [0.1, 0.15) is 0 Å². The first kappa shape index (κ1) is 10.2. The van der Waals surface area contributed by atoms with E-state index in [0.29, 0.717) is 0 Å². The van der Waals surface area contributed by atoms with Crippen molar-refractivity contribution in [3.05, 3.63) is 6.92 Å². The number of rotatable bonds is 1. The van der Waals surface area contributed by atoms with Gasteiger partial charge in [-0.1, -0.05) is 13.3 Å². The Bertz CT molecular complexity index is 67.7. The normalized spacial score (nSPS) is 26.7. The highest BCUT2D eigenvalue weighted by atomic mass is 35.5. The molecule has 1 unspecified atom stereocenters. The van der Waals surface area contributed by atoms with Gasteiger partial charge in [-0.2, -0.15) is 0 Å². The molecular formula is C8H17ClN. The van der Waals surface area contributed by atoms with Gasteiger partial charge in [0.05, 0.1) is 0 Å². The molecule has 0 aromatic rings. The monoisotopic (exact) mass is 162 g/mol. The highest BCUT2D eigenvalue weighted by Crippen LogP contribution is 2.13. The van der Waals surface area contributed by atoms with Gasteiger partial charge in [0.25, 0.3) is 0 Å². The Morgan fingerprint density at radius 2 is 2.20 bits per heavy atom. The second kappa shape index (κ2) is 5.99. The first-order valence-electron chi connectivity index (χ1n) is 3.93. The summed E-state index contributed by atoms with van der Waals surface area (Å²) in [4.78, 5) is 0. The molecule has 0 spiro atoms. The molecule has 1 rings (SSSR count). The summed E-state index contributed by atoms with van der Waals surface area (Å²) in [5.74, 6) is 0.854. The lowest BCUT2D eigenvalue weighted by Crippen LogP contribution is -2.19.